The highest BCUT2D eigenvalue weighted by Gasteiger charge is 2.25. The highest BCUT2D eigenvalue weighted by Crippen LogP contribution is 2.44. The molecule has 1 aromatic heterocycles. The van der Waals surface area contributed by atoms with E-state index < -0.39 is 17.9 Å². The molecule has 11 nitrogen and oxygen atoms in total. The molecule has 0 unspecified atom stereocenters. The second kappa shape index (κ2) is 12.6. The number of aryl methyl sites for hydroxylation is 1. The average molecular weight is 641 g/mol. The van der Waals surface area contributed by atoms with Crippen molar-refractivity contribution < 1.29 is 39.2 Å². The molecule has 0 radical (unpaired) electrons. The molecule has 0 atom stereocenters. The standard InChI is InChI=1S/C33H22N2O9.CH3Cl/c1-15-11-21-27(13-26(15)37)44-30-19(28(21)20-12-17(31(38)39)5-7-18(20)32(40)41)8-10-25(36)22(30)14-34-23-4-2-3-16-6-9-24(33(42)43)35-29(16)23;1-2/h2-13,34,36H,14H2,1H3,(H,38,39)(H,40,41)(H,42,43);1H3. The maximum absolute atomic E-state index is 12.7. The third kappa shape index (κ3) is 5.66. The van der Waals surface area contributed by atoms with Crippen LogP contribution in [0.4, 0.5) is 5.69 Å². The fraction of sp³-hybridized carbons (Fsp3) is 0.0882. The van der Waals surface area contributed by atoms with Crippen LogP contribution in [-0.4, -0.2) is 49.7 Å². The van der Waals surface area contributed by atoms with Gasteiger partial charge in [-0.2, -0.15) is 0 Å². The van der Waals surface area contributed by atoms with E-state index in [4.69, 9.17) is 4.42 Å². The molecule has 0 bridgehead atoms. The van der Waals surface area contributed by atoms with E-state index in [-0.39, 0.29) is 57.0 Å². The van der Waals surface area contributed by atoms with Gasteiger partial charge in [-0.05, 0) is 66.6 Å². The van der Waals surface area contributed by atoms with Crippen molar-refractivity contribution in [3.05, 3.63) is 111 Å². The topological polar surface area (TPSA) is 187 Å². The number of carbonyl (C=O) groups is 3. The van der Waals surface area contributed by atoms with Crippen LogP contribution in [0.2, 0.25) is 0 Å². The number of carboxylic acid groups (broad SMARTS) is 3. The van der Waals surface area contributed by atoms with Gasteiger partial charge in [0.25, 0.3) is 0 Å². The van der Waals surface area contributed by atoms with Crippen LogP contribution in [0.1, 0.15) is 42.3 Å². The molecule has 0 saturated carbocycles. The van der Waals surface area contributed by atoms with Crippen molar-refractivity contribution in [2.75, 3.05) is 11.7 Å². The molecule has 46 heavy (non-hydrogen) atoms. The number of aromatic carboxylic acids is 3. The summed E-state index contributed by atoms with van der Waals surface area (Å²) in [6.45, 7) is 1.55. The van der Waals surface area contributed by atoms with Gasteiger partial charge in [0.15, 0.2) is 5.43 Å². The number of phenols is 1. The smallest absolute Gasteiger partial charge is 0.354 e. The third-order valence-electron chi connectivity index (χ3n) is 7.42. The van der Waals surface area contributed by atoms with Gasteiger partial charge >= 0.3 is 17.9 Å². The Morgan fingerprint density at radius 1 is 0.870 bits per heavy atom. The maximum Gasteiger partial charge on any atom is 0.354 e. The first-order valence-corrected chi connectivity index (χ1v) is 14.4. The van der Waals surface area contributed by atoms with Gasteiger partial charge in [-0.25, -0.2) is 19.4 Å². The summed E-state index contributed by atoms with van der Waals surface area (Å²) >= 11 is 4.64. The number of hydrogen-bond acceptors (Lipinski definition) is 8. The molecule has 4 aromatic rings. The first kappa shape index (κ1) is 31.5. The number of fused-ring (bicyclic) bond motifs is 3. The van der Waals surface area contributed by atoms with E-state index in [1.54, 1.807) is 37.3 Å². The molecule has 1 aliphatic carbocycles. The molecule has 3 aromatic carbocycles. The van der Waals surface area contributed by atoms with E-state index >= 15 is 0 Å². The van der Waals surface area contributed by atoms with Crippen LogP contribution >= 0.6 is 11.6 Å². The molecule has 232 valence electrons. The second-order valence-electron chi connectivity index (χ2n) is 10.1. The van der Waals surface area contributed by atoms with Crippen LogP contribution in [0, 0.1) is 6.92 Å². The number of anilines is 1. The lowest BCUT2D eigenvalue weighted by molar-refractivity contribution is 0.0682. The monoisotopic (exact) mass is 640 g/mol. The summed E-state index contributed by atoms with van der Waals surface area (Å²) in [4.78, 5) is 52.6. The normalized spacial score (nSPS) is 10.8. The SMILES string of the molecule is CCl.Cc1cc2c(-c3cc(C(=O)O)ccc3C(=O)O)c3ccc(O)c(CNc4cccc5ccc(C(=O)O)nc45)c3oc-2cc1=O. The number of alkyl halides is 1. The van der Waals surface area contributed by atoms with Crippen molar-refractivity contribution in [1.29, 1.82) is 0 Å². The molecule has 1 aliphatic heterocycles. The van der Waals surface area contributed by atoms with E-state index in [2.05, 4.69) is 21.9 Å². The quantitative estimate of drug-likeness (QED) is 0.0924. The predicted octanol–water partition coefficient (Wildman–Crippen LogP) is 6.69. The van der Waals surface area contributed by atoms with Crippen LogP contribution in [-0.2, 0) is 6.54 Å². The summed E-state index contributed by atoms with van der Waals surface area (Å²) < 4.78 is 6.20. The first-order chi connectivity index (χ1) is 22.0. The van der Waals surface area contributed by atoms with Gasteiger partial charge in [0, 0.05) is 40.9 Å². The third-order valence-corrected chi connectivity index (χ3v) is 7.42. The number of nitrogens with zero attached hydrogens (tertiary/aromatic N) is 1. The number of rotatable bonds is 7. The fourth-order valence-electron chi connectivity index (χ4n) is 5.26. The number of halogens is 1. The highest BCUT2D eigenvalue weighted by molar-refractivity contribution is 6.15. The van der Waals surface area contributed by atoms with E-state index in [9.17, 15) is 39.6 Å². The van der Waals surface area contributed by atoms with Crippen molar-refractivity contribution in [1.82, 2.24) is 4.98 Å². The van der Waals surface area contributed by atoms with Crippen LogP contribution in [0.3, 0.4) is 0 Å². The van der Waals surface area contributed by atoms with Gasteiger partial charge in [-0.1, -0.05) is 18.2 Å². The lowest BCUT2D eigenvalue weighted by atomic mass is 9.88. The number of benzene rings is 4. The van der Waals surface area contributed by atoms with Crippen molar-refractivity contribution in [2.45, 2.75) is 13.5 Å². The minimum atomic E-state index is -1.29. The molecule has 0 spiro atoms. The van der Waals surface area contributed by atoms with Crippen LogP contribution in [0.15, 0.2) is 82.0 Å². The Labute approximate surface area is 265 Å². The van der Waals surface area contributed by atoms with Gasteiger partial charge in [-0.15, -0.1) is 11.6 Å². The molecule has 2 heterocycles. The van der Waals surface area contributed by atoms with Gasteiger partial charge in [0.05, 0.1) is 27.9 Å². The van der Waals surface area contributed by atoms with Gasteiger partial charge in [0.1, 0.15) is 22.8 Å². The number of nitrogens with one attached hydrogen (secondary N) is 1. The molecular formula is C34H25ClN2O9. The Balaban J connectivity index is 0.00000204. The van der Waals surface area contributed by atoms with Gasteiger partial charge in [-0.3, -0.25) is 4.79 Å². The predicted molar refractivity (Wildman–Crippen MR) is 173 cm³/mol. The number of aromatic hydroxyl groups is 1. The molecule has 0 saturated heterocycles. The zero-order chi connectivity index (χ0) is 33.3. The van der Waals surface area contributed by atoms with Crippen molar-refractivity contribution in [3.63, 3.8) is 0 Å². The Bertz CT molecular complexity index is 2230. The number of para-hydroxylation sites is 1. The Morgan fingerprint density at radius 3 is 2.33 bits per heavy atom. The van der Waals surface area contributed by atoms with Crippen LogP contribution in [0.25, 0.3) is 44.3 Å². The Kier molecular flexibility index (Phi) is 8.61. The second-order valence-corrected chi connectivity index (χ2v) is 10.1. The van der Waals surface area contributed by atoms with Crippen molar-refractivity contribution >= 4 is 57.1 Å². The first-order valence-electron chi connectivity index (χ1n) is 13.6. The minimum absolute atomic E-state index is 0.0489. The average Bonchev–Trinajstić information content (AvgIpc) is 3.04. The van der Waals surface area contributed by atoms with E-state index in [0.717, 1.165) is 0 Å². The van der Waals surface area contributed by atoms with Crippen molar-refractivity contribution in [2.24, 2.45) is 0 Å². The fourth-order valence-corrected chi connectivity index (χ4v) is 5.26. The molecular weight excluding hydrogens is 616 g/mol. The number of phenolic OH excluding ortho intramolecular Hbond substituents is 1. The summed E-state index contributed by atoms with van der Waals surface area (Å²) in [5, 5.41) is 44.3. The number of aromatic nitrogens is 1. The van der Waals surface area contributed by atoms with E-state index in [0.29, 0.717) is 38.7 Å². The number of carboxylic acids is 3. The van der Waals surface area contributed by atoms with Gasteiger partial charge in [0.2, 0.25) is 0 Å². The van der Waals surface area contributed by atoms with Gasteiger partial charge < -0.3 is 30.2 Å². The summed E-state index contributed by atoms with van der Waals surface area (Å²) in [5.74, 6) is -3.81. The summed E-state index contributed by atoms with van der Waals surface area (Å²) in [5.41, 5.74) is 1.58. The van der Waals surface area contributed by atoms with Crippen LogP contribution in [0.5, 0.6) is 5.75 Å². The number of hydrogen-bond donors (Lipinski definition) is 5. The lowest BCUT2D eigenvalue weighted by Gasteiger charge is -2.20. The lowest BCUT2D eigenvalue weighted by Crippen LogP contribution is -2.09. The molecule has 5 N–H and O–H groups in total. The minimum Gasteiger partial charge on any atom is -0.507 e. The molecule has 0 amide bonds. The summed E-state index contributed by atoms with van der Waals surface area (Å²) in [7, 11) is 0. The zero-order valence-electron chi connectivity index (χ0n) is 24.3. The van der Waals surface area contributed by atoms with E-state index in [1.165, 1.54) is 48.8 Å². The maximum atomic E-state index is 12.7. The van der Waals surface area contributed by atoms with E-state index in [1.807, 2.05) is 0 Å². The Hall–Kier alpha value is -5.94. The molecule has 12 heteroatoms. The molecule has 0 fully saturated rings. The highest BCUT2D eigenvalue weighted by atomic mass is 35.5. The summed E-state index contributed by atoms with van der Waals surface area (Å²) in [6, 6.07) is 17.7. The number of pyridine rings is 1. The summed E-state index contributed by atoms with van der Waals surface area (Å²) in [6.07, 6.45) is 1.47. The zero-order valence-corrected chi connectivity index (χ0v) is 25.0. The van der Waals surface area contributed by atoms with Crippen molar-refractivity contribution in [3.8, 4) is 28.2 Å². The Morgan fingerprint density at radius 2 is 1.63 bits per heavy atom. The molecule has 6 rings (SSSR count). The van der Waals surface area contributed by atoms with Crippen LogP contribution < -0.4 is 10.7 Å². The molecule has 2 aliphatic rings. The largest absolute Gasteiger partial charge is 0.507 e.